The second-order valence-corrected chi connectivity index (χ2v) is 5.23. The number of hydrogen-bond donors (Lipinski definition) is 1. The van der Waals surface area contributed by atoms with E-state index in [9.17, 15) is 9.90 Å². The molecule has 1 aromatic carbocycles. The first-order valence-electron chi connectivity index (χ1n) is 7.13. The zero-order valence-corrected chi connectivity index (χ0v) is 12.0. The zero-order chi connectivity index (χ0) is 15.8. The van der Waals surface area contributed by atoms with Crippen molar-refractivity contribution in [2.24, 2.45) is 0 Å². The summed E-state index contributed by atoms with van der Waals surface area (Å²) in [5.74, 6) is 0.717. The molecule has 2 aromatic heterocycles. The maximum Gasteiger partial charge on any atom is 0.228 e. The van der Waals surface area contributed by atoms with Crippen molar-refractivity contribution < 1.29 is 14.6 Å². The van der Waals surface area contributed by atoms with Crippen LogP contribution in [-0.4, -0.2) is 21.4 Å². The highest BCUT2D eigenvalue weighted by Gasteiger charge is 2.27. The van der Waals surface area contributed by atoms with E-state index in [1.807, 2.05) is 18.2 Å². The van der Waals surface area contributed by atoms with Crippen molar-refractivity contribution in [3.8, 4) is 23.0 Å². The number of aromatic nitrogens is 2. The number of ether oxygens (including phenoxy) is 1. The molecule has 23 heavy (non-hydrogen) atoms. The highest BCUT2D eigenvalue weighted by atomic mass is 16.5. The molecule has 1 aliphatic rings. The SMILES string of the molecule is O=Cc1ccc(-c2ccc3c(n2)Oc2ncccc2C3O)cc1. The van der Waals surface area contributed by atoms with Crippen LogP contribution in [0.5, 0.6) is 11.8 Å². The topological polar surface area (TPSA) is 72.3 Å². The summed E-state index contributed by atoms with van der Waals surface area (Å²) in [5.41, 5.74) is 3.41. The molecule has 0 spiro atoms. The molecule has 1 atom stereocenters. The molecule has 1 unspecified atom stereocenters. The minimum Gasteiger partial charge on any atom is -0.420 e. The summed E-state index contributed by atoms with van der Waals surface area (Å²) in [5, 5.41) is 10.4. The molecule has 1 aliphatic heterocycles. The Morgan fingerprint density at radius 1 is 1.00 bits per heavy atom. The third-order valence-corrected chi connectivity index (χ3v) is 3.82. The summed E-state index contributed by atoms with van der Waals surface area (Å²) < 4.78 is 5.72. The third-order valence-electron chi connectivity index (χ3n) is 3.82. The van der Waals surface area contributed by atoms with Gasteiger partial charge in [-0.25, -0.2) is 9.97 Å². The first-order valence-corrected chi connectivity index (χ1v) is 7.13. The van der Waals surface area contributed by atoms with Crippen molar-refractivity contribution in [2.75, 3.05) is 0 Å². The smallest absolute Gasteiger partial charge is 0.228 e. The number of pyridine rings is 2. The average molecular weight is 304 g/mol. The summed E-state index contributed by atoms with van der Waals surface area (Å²) in [4.78, 5) is 19.3. The highest BCUT2D eigenvalue weighted by molar-refractivity contribution is 5.76. The van der Waals surface area contributed by atoms with E-state index >= 15 is 0 Å². The van der Waals surface area contributed by atoms with E-state index in [0.717, 1.165) is 11.8 Å². The number of aliphatic hydroxyl groups excluding tert-OH is 1. The molecule has 0 radical (unpaired) electrons. The molecule has 0 aliphatic carbocycles. The number of nitrogens with zero attached hydrogens (tertiary/aromatic N) is 2. The predicted molar refractivity (Wildman–Crippen MR) is 83.4 cm³/mol. The maximum atomic E-state index is 10.7. The Labute approximate surface area is 132 Å². The minimum atomic E-state index is -0.804. The molecule has 1 N–H and O–H groups in total. The normalized spacial score (nSPS) is 15.3. The molecule has 3 aromatic rings. The van der Waals surface area contributed by atoms with Gasteiger partial charge in [0.05, 0.1) is 5.69 Å². The van der Waals surface area contributed by atoms with E-state index < -0.39 is 6.10 Å². The van der Waals surface area contributed by atoms with Gasteiger partial charge in [0.15, 0.2) is 0 Å². The van der Waals surface area contributed by atoms with E-state index in [2.05, 4.69) is 9.97 Å². The molecular weight excluding hydrogens is 292 g/mol. The number of benzene rings is 1. The highest BCUT2D eigenvalue weighted by Crippen LogP contribution is 2.41. The van der Waals surface area contributed by atoms with E-state index in [-0.39, 0.29) is 0 Å². The lowest BCUT2D eigenvalue weighted by molar-refractivity contribution is 0.112. The number of carbonyl (C=O) groups is 1. The van der Waals surface area contributed by atoms with E-state index in [0.29, 0.717) is 34.1 Å². The van der Waals surface area contributed by atoms with Gasteiger partial charge in [-0.2, -0.15) is 0 Å². The molecule has 4 rings (SSSR count). The van der Waals surface area contributed by atoms with E-state index in [4.69, 9.17) is 4.74 Å². The van der Waals surface area contributed by atoms with Crippen molar-refractivity contribution >= 4 is 6.29 Å². The van der Waals surface area contributed by atoms with Crippen molar-refractivity contribution in [2.45, 2.75) is 6.10 Å². The van der Waals surface area contributed by atoms with Crippen molar-refractivity contribution in [3.63, 3.8) is 0 Å². The second-order valence-electron chi connectivity index (χ2n) is 5.23. The van der Waals surface area contributed by atoms with Crippen LogP contribution < -0.4 is 4.74 Å². The van der Waals surface area contributed by atoms with E-state index in [1.54, 1.807) is 36.5 Å². The van der Waals surface area contributed by atoms with Crippen molar-refractivity contribution in [1.82, 2.24) is 9.97 Å². The lowest BCUT2D eigenvalue weighted by Gasteiger charge is -2.23. The van der Waals surface area contributed by atoms with Gasteiger partial charge in [-0.3, -0.25) is 4.79 Å². The van der Waals surface area contributed by atoms with Gasteiger partial charge in [-0.05, 0) is 24.3 Å². The molecule has 3 heterocycles. The van der Waals surface area contributed by atoms with Crippen LogP contribution in [0.3, 0.4) is 0 Å². The van der Waals surface area contributed by atoms with Gasteiger partial charge >= 0.3 is 0 Å². The Morgan fingerprint density at radius 3 is 2.57 bits per heavy atom. The number of fused-ring (bicyclic) bond motifs is 2. The largest absolute Gasteiger partial charge is 0.420 e. The summed E-state index contributed by atoms with van der Waals surface area (Å²) in [6, 6.07) is 14.3. The van der Waals surface area contributed by atoms with Crippen LogP contribution in [0.4, 0.5) is 0 Å². The Morgan fingerprint density at radius 2 is 1.78 bits per heavy atom. The fraction of sp³-hybridized carbons (Fsp3) is 0.0556. The lowest BCUT2D eigenvalue weighted by Crippen LogP contribution is -2.12. The first-order chi connectivity index (χ1) is 11.3. The molecule has 5 nitrogen and oxygen atoms in total. The van der Waals surface area contributed by atoms with Gasteiger partial charge in [0, 0.05) is 28.5 Å². The second kappa shape index (κ2) is 5.30. The van der Waals surface area contributed by atoms with Crippen LogP contribution in [0.2, 0.25) is 0 Å². The molecule has 0 amide bonds. The van der Waals surface area contributed by atoms with Crippen LogP contribution in [0.15, 0.2) is 54.7 Å². The van der Waals surface area contributed by atoms with Gasteiger partial charge in [-0.15, -0.1) is 0 Å². The first kappa shape index (κ1) is 13.6. The molecule has 0 saturated heterocycles. The molecule has 5 heteroatoms. The van der Waals surface area contributed by atoms with Crippen LogP contribution >= 0.6 is 0 Å². The molecule has 0 fully saturated rings. The Kier molecular flexibility index (Phi) is 3.13. The van der Waals surface area contributed by atoms with Crippen molar-refractivity contribution in [1.29, 1.82) is 0 Å². The van der Waals surface area contributed by atoms with Crippen LogP contribution in [-0.2, 0) is 0 Å². The molecule has 0 saturated carbocycles. The minimum absolute atomic E-state index is 0.348. The fourth-order valence-corrected chi connectivity index (χ4v) is 2.59. The number of aliphatic hydroxyl groups is 1. The summed E-state index contributed by atoms with van der Waals surface area (Å²) >= 11 is 0. The number of rotatable bonds is 2. The summed E-state index contributed by atoms with van der Waals surface area (Å²) in [7, 11) is 0. The summed E-state index contributed by atoms with van der Waals surface area (Å²) in [6.07, 6.45) is 1.60. The quantitative estimate of drug-likeness (QED) is 0.736. The average Bonchev–Trinajstić information content (AvgIpc) is 2.61. The van der Waals surface area contributed by atoms with Crippen molar-refractivity contribution in [3.05, 3.63) is 71.4 Å². The maximum absolute atomic E-state index is 10.7. The number of aldehydes is 1. The van der Waals surface area contributed by atoms with Crippen LogP contribution in [0, 0.1) is 0 Å². The van der Waals surface area contributed by atoms with Gasteiger partial charge in [0.25, 0.3) is 0 Å². The van der Waals surface area contributed by atoms with Gasteiger partial charge < -0.3 is 9.84 Å². The van der Waals surface area contributed by atoms with Crippen LogP contribution in [0.25, 0.3) is 11.3 Å². The Hall–Kier alpha value is -3.05. The van der Waals surface area contributed by atoms with Gasteiger partial charge in [0.1, 0.15) is 12.4 Å². The molecular formula is C18H12N2O3. The molecule has 112 valence electrons. The number of carbonyl (C=O) groups excluding carboxylic acids is 1. The van der Waals surface area contributed by atoms with Crippen LogP contribution in [0.1, 0.15) is 27.6 Å². The molecule has 0 bridgehead atoms. The standard InChI is InChI=1S/C18H12N2O3/c21-10-11-3-5-12(6-4-11)15-8-7-14-16(22)13-2-1-9-19-17(13)23-18(14)20-15/h1-10,16,22H. The number of hydrogen-bond acceptors (Lipinski definition) is 5. The lowest BCUT2D eigenvalue weighted by atomic mass is 10.0. The third kappa shape index (κ3) is 2.27. The fourth-order valence-electron chi connectivity index (χ4n) is 2.59. The summed E-state index contributed by atoms with van der Waals surface area (Å²) in [6.45, 7) is 0. The van der Waals surface area contributed by atoms with Gasteiger partial charge in [0.2, 0.25) is 11.8 Å². The monoisotopic (exact) mass is 304 g/mol. The zero-order valence-electron chi connectivity index (χ0n) is 12.0. The van der Waals surface area contributed by atoms with E-state index in [1.165, 1.54) is 0 Å². The van der Waals surface area contributed by atoms with Gasteiger partial charge in [-0.1, -0.05) is 24.3 Å². The predicted octanol–water partition coefficient (Wildman–Crippen LogP) is 3.14. The Bertz CT molecular complexity index is 891. The Balaban J connectivity index is 1.76.